The van der Waals surface area contributed by atoms with Crippen LogP contribution in [0.1, 0.15) is 31.4 Å². The van der Waals surface area contributed by atoms with Gasteiger partial charge in [0.25, 0.3) is 0 Å². The van der Waals surface area contributed by atoms with E-state index in [0.29, 0.717) is 18.7 Å². The fraction of sp³-hybridized carbons (Fsp3) is 0.500. The summed E-state index contributed by atoms with van der Waals surface area (Å²) in [6.45, 7) is 0.588. The van der Waals surface area contributed by atoms with Crippen molar-refractivity contribution in [3.05, 3.63) is 40.8 Å². The molecule has 1 aliphatic carbocycles. The van der Waals surface area contributed by atoms with Gasteiger partial charge in [-0.05, 0) is 25.7 Å². The zero-order valence-corrected chi connectivity index (χ0v) is 12.7. The molecule has 0 spiro atoms. The molecule has 6 heteroatoms. The third kappa shape index (κ3) is 3.32. The number of ether oxygens (including phenoxy) is 2. The Morgan fingerprint density at radius 1 is 1.36 bits per heavy atom. The van der Waals surface area contributed by atoms with Crippen LogP contribution in [0.5, 0.6) is 11.5 Å². The van der Waals surface area contributed by atoms with Gasteiger partial charge in [0.1, 0.15) is 0 Å². The molecule has 1 aliphatic rings. The topological polar surface area (TPSA) is 69.1 Å². The van der Waals surface area contributed by atoms with Crippen LogP contribution in [0, 0.1) is 0 Å². The third-order valence-electron chi connectivity index (χ3n) is 4.03. The number of aromatic amines is 1. The maximum absolute atomic E-state index is 11.5. The lowest BCUT2D eigenvalue weighted by atomic mass is 10.2. The first-order chi connectivity index (χ1) is 10.8. The summed E-state index contributed by atoms with van der Waals surface area (Å²) in [5.74, 6) is 1.41. The summed E-state index contributed by atoms with van der Waals surface area (Å²) in [6, 6.07) is 1.93. The number of hydrogen-bond acceptors (Lipinski definition) is 4. The minimum Gasteiger partial charge on any atom is -0.491 e. The molecule has 0 saturated heterocycles. The highest BCUT2D eigenvalue weighted by molar-refractivity contribution is 5.39. The lowest BCUT2D eigenvalue weighted by molar-refractivity contribution is 0.200. The van der Waals surface area contributed by atoms with Crippen molar-refractivity contribution in [2.24, 2.45) is 0 Å². The average molecular weight is 303 g/mol. The monoisotopic (exact) mass is 303 g/mol. The molecule has 0 aromatic carbocycles. The number of aryl methyl sites for hydroxylation is 2. The van der Waals surface area contributed by atoms with Gasteiger partial charge >= 0.3 is 5.69 Å². The van der Waals surface area contributed by atoms with Crippen LogP contribution in [0.3, 0.4) is 0 Å². The summed E-state index contributed by atoms with van der Waals surface area (Å²) >= 11 is 0. The molecule has 0 bridgehead atoms. The van der Waals surface area contributed by atoms with Crippen LogP contribution in [-0.2, 0) is 13.0 Å². The van der Waals surface area contributed by atoms with Crippen LogP contribution in [-0.4, -0.2) is 27.7 Å². The Hall–Kier alpha value is -2.24. The van der Waals surface area contributed by atoms with Crippen LogP contribution in [0.25, 0.3) is 0 Å². The van der Waals surface area contributed by atoms with Gasteiger partial charge in [-0.3, -0.25) is 9.55 Å². The molecule has 2 aromatic rings. The van der Waals surface area contributed by atoms with Gasteiger partial charge in [-0.2, -0.15) is 0 Å². The molecule has 1 N–H and O–H groups in total. The molecular weight excluding hydrogens is 282 g/mol. The molecule has 2 heterocycles. The van der Waals surface area contributed by atoms with Crippen molar-refractivity contribution in [2.45, 2.75) is 44.8 Å². The van der Waals surface area contributed by atoms with Crippen LogP contribution < -0.4 is 15.2 Å². The van der Waals surface area contributed by atoms with E-state index in [-0.39, 0.29) is 11.8 Å². The van der Waals surface area contributed by atoms with E-state index in [9.17, 15) is 4.79 Å². The van der Waals surface area contributed by atoms with Crippen LogP contribution in [0.4, 0.5) is 0 Å². The molecular formula is C16H21N3O3. The highest BCUT2D eigenvalue weighted by Crippen LogP contribution is 2.31. The zero-order chi connectivity index (χ0) is 15.4. The zero-order valence-electron chi connectivity index (χ0n) is 12.7. The van der Waals surface area contributed by atoms with Gasteiger partial charge in [0.05, 0.1) is 19.4 Å². The van der Waals surface area contributed by atoms with Gasteiger partial charge in [0.2, 0.25) is 0 Å². The summed E-state index contributed by atoms with van der Waals surface area (Å²) in [6.07, 6.45) is 10.7. The Morgan fingerprint density at radius 3 is 2.86 bits per heavy atom. The average Bonchev–Trinajstić information content (AvgIpc) is 3.17. The molecule has 0 atom stereocenters. The summed E-state index contributed by atoms with van der Waals surface area (Å²) in [4.78, 5) is 18.5. The Kier molecular flexibility index (Phi) is 4.46. The molecule has 0 aliphatic heterocycles. The predicted octanol–water partition coefficient (Wildman–Crippen LogP) is 2.14. The van der Waals surface area contributed by atoms with Crippen molar-refractivity contribution < 1.29 is 9.47 Å². The Balaban J connectivity index is 1.71. The first kappa shape index (κ1) is 14.7. The van der Waals surface area contributed by atoms with E-state index in [1.807, 2.05) is 6.07 Å². The van der Waals surface area contributed by atoms with Crippen molar-refractivity contribution in [1.82, 2.24) is 14.5 Å². The number of rotatable bonds is 6. The van der Waals surface area contributed by atoms with Gasteiger partial charge < -0.3 is 14.5 Å². The summed E-state index contributed by atoms with van der Waals surface area (Å²) < 4.78 is 13.0. The molecule has 6 nitrogen and oxygen atoms in total. The van der Waals surface area contributed by atoms with Crippen molar-refractivity contribution in [3.8, 4) is 11.5 Å². The van der Waals surface area contributed by atoms with Crippen LogP contribution in [0.15, 0.2) is 29.5 Å². The summed E-state index contributed by atoms with van der Waals surface area (Å²) in [5.41, 5.74) is 0.790. The number of aromatic nitrogens is 3. The third-order valence-corrected chi connectivity index (χ3v) is 4.03. The second-order valence-corrected chi connectivity index (χ2v) is 5.56. The van der Waals surface area contributed by atoms with E-state index in [1.54, 1.807) is 30.3 Å². The maximum Gasteiger partial charge on any atom is 0.325 e. The van der Waals surface area contributed by atoms with Gasteiger partial charge in [0.15, 0.2) is 11.5 Å². The number of pyridine rings is 1. The van der Waals surface area contributed by atoms with Crippen molar-refractivity contribution >= 4 is 0 Å². The molecule has 2 aromatic heterocycles. The Bertz CT molecular complexity index is 671. The first-order valence-electron chi connectivity index (χ1n) is 7.69. The molecule has 1 saturated carbocycles. The molecule has 118 valence electrons. The highest BCUT2D eigenvalue weighted by atomic mass is 16.5. The molecule has 22 heavy (non-hydrogen) atoms. The van der Waals surface area contributed by atoms with Gasteiger partial charge in [-0.15, -0.1) is 0 Å². The molecule has 0 amide bonds. The maximum atomic E-state index is 11.5. The van der Waals surface area contributed by atoms with Gasteiger partial charge in [0, 0.05) is 37.1 Å². The lowest BCUT2D eigenvalue weighted by Crippen LogP contribution is -2.17. The van der Waals surface area contributed by atoms with Gasteiger partial charge in [-0.25, -0.2) is 4.79 Å². The standard InChI is InChI=1S/C16H21N3O3/c1-21-15-11-18-12(6-8-19-9-7-17-16(19)20)10-14(15)22-13-4-2-3-5-13/h7,9-11,13H,2-6,8H2,1H3,(H,17,20). The normalized spacial score (nSPS) is 15.1. The summed E-state index contributed by atoms with van der Waals surface area (Å²) in [5, 5.41) is 0. The first-order valence-corrected chi connectivity index (χ1v) is 7.69. The molecule has 0 unspecified atom stereocenters. The highest BCUT2D eigenvalue weighted by Gasteiger charge is 2.19. The van der Waals surface area contributed by atoms with Crippen molar-refractivity contribution in [3.63, 3.8) is 0 Å². The number of hydrogen-bond donors (Lipinski definition) is 1. The largest absolute Gasteiger partial charge is 0.491 e. The molecule has 1 fully saturated rings. The van der Waals surface area contributed by atoms with E-state index < -0.39 is 0 Å². The van der Waals surface area contributed by atoms with E-state index in [4.69, 9.17) is 9.47 Å². The number of nitrogens with zero attached hydrogens (tertiary/aromatic N) is 2. The van der Waals surface area contributed by atoms with E-state index in [1.165, 1.54) is 12.8 Å². The predicted molar refractivity (Wildman–Crippen MR) is 82.4 cm³/mol. The quantitative estimate of drug-likeness (QED) is 0.887. The molecule has 3 rings (SSSR count). The smallest absolute Gasteiger partial charge is 0.325 e. The number of methoxy groups -OCH3 is 1. The fourth-order valence-corrected chi connectivity index (χ4v) is 2.79. The minimum absolute atomic E-state index is 0.101. The van der Waals surface area contributed by atoms with Crippen LogP contribution >= 0.6 is 0 Å². The number of nitrogens with one attached hydrogen (secondary N) is 1. The van der Waals surface area contributed by atoms with Crippen molar-refractivity contribution in [2.75, 3.05) is 7.11 Å². The lowest BCUT2D eigenvalue weighted by Gasteiger charge is -2.16. The Morgan fingerprint density at radius 2 is 2.18 bits per heavy atom. The number of H-pyrrole nitrogens is 1. The van der Waals surface area contributed by atoms with E-state index >= 15 is 0 Å². The summed E-state index contributed by atoms with van der Waals surface area (Å²) in [7, 11) is 1.62. The molecule has 0 radical (unpaired) electrons. The van der Waals surface area contributed by atoms with E-state index in [0.717, 1.165) is 24.3 Å². The van der Waals surface area contributed by atoms with Gasteiger partial charge in [-0.1, -0.05) is 0 Å². The SMILES string of the molecule is COc1cnc(CCn2cc[nH]c2=O)cc1OC1CCCC1. The van der Waals surface area contributed by atoms with E-state index in [2.05, 4.69) is 9.97 Å². The fourth-order valence-electron chi connectivity index (χ4n) is 2.79. The minimum atomic E-state index is -0.101. The Labute approximate surface area is 129 Å². The van der Waals surface area contributed by atoms with Crippen LogP contribution in [0.2, 0.25) is 0 Å². The van der Waals surface area contributed by atoms with Crippen molar-refractivity contribution in [1.29, 1.82) is 0 Å². The second-order valence-electron chi connectivity index (χ2n) is 5.56. The second kappa shape index (κ2) is 6.68. The number of imidazole rings is 1.